The molecule has 3 rings (SSSR count). The monoisotopic (exact) mass is 383 g/mol. The predicted molar refractivity (Wildman–Crippen MR) is 111 cm³/mol. The molecular formula is C21H25N3O2S. The van der Waals surface area contributed by atoms with Crippen LogP contribution in [0.3, 0.4) is 0 Å². The number of sulfonamides is 1. The maximum atomic E-state index is 12.9. The van der Waals surface area contributed by atoms with Gasteiger partial charge < -0.3 is 5.32 Å². The second-order valence-corrected chi connectivity index (χ2v) is 8.66. The summed E-state index contributed by atoms with van der Waals surface area (Å²) in [5.41, 5.74) is 4.43. The maximum Gasteiger partial charge on any atom is 0.241 e. The number of aryl methyl sites for hydroxylation is 3. The summed E-state index contributed by atoms with van der Waals surface area (Å²) in [6.07, 6.45) is 1.76. The molecule has 142 valence electrons. The van der Waals surface area contributed by atoms with Crippen molar-refractivity contribution in [3.63, 3.8) is 0 Å². The molecule has 1 aromatic heterocycles. The minimum atomic E-state index is -3.59. The number of fused-ring (bicyclic) bond motifs is 1. The van der Waals surface area contributed by atoms with E-state index in [1.54, 1.807) is 6.20 Å². The largest absolute Gasteiger partial charge is 0.383 e. The maximum absolute atomic E-state index is 12.9. The molecule has 0 fully saturated rings. The molecular weight excluding hydrogens is 358 g/mol. The van der Waals surface area contributed by atoms with Crippen LogP contribution in [0.25, 0.3) is 10.9 Å². The van der Waals surface area contributed by atoms with E-state index in [0.29, 0.717) is 11.4 Å². The van der Waals surface area contributed by atoms with Crippen molar-refractivity contribution in [1.82, 2.24) is 9.71 Å². The van der Waals surface area contributed by atoms with Crippen molar-refractivity contribution in [3.05, 3.63) is 65.4 Å². The number of rotatable bonds is 6. The quantitative estimate of drug-likeness (QED) is 0.676. The van der Waals surface area contributed by atoms with Crippen LogP contribution in [-0.2, 0) is 10.0 Å². The Kier molecular flexibility index (Phi) is 5.48. The van der Waals surface area contributed by atoms with Crippen molar-refractivity contribution in [2.75, 3.05) is 11.9 Å². The van der Waals surface area contributed by atoms with E-state index >= 15 is 0 Å². The summed E-state index contributed by atoms with van der Waals surface area (Å²) in [7, 11) is -3.59. The van der Waals surface area contributed by atoms with Gasteiger partial charge in [0.05, 0.1) is 10.4 Å². The minimum Gasteiger partial charge on any atom is -0.383 e. The van der Waals surface area contributed by atoms with Gasteiger partial charge in [-0.1, -0.05) is 23.8 Å². The fourth-order valence-electron chi connectivity index (χ4n) is 3.48. The standard InChI is InChI=1S/C21H25N3O2S/c1-14-11-15(2)21(16(3)12-14)27(25,26)24-17(4)13-23-20-9-5-8-19-18(20)7-6-10-22-19/h5-12,17,23-24H,13H2,1-4H3/t17-/m0/s1. The van der Waals surface area contributed by atoms with Gasteiger partial charge in [0.1, 0.15) is 0 Å². The van der Waals surface area contributed by atoms with Crippen molar-refractivity contribution >= 4 is 26.6 Å². The molecule has 0 aliphatic rings. The Morgan fingerprint density at radius 2 is 1.74 bits per heavy atom. The lowest BCUT2D eigenvalue weighted by atomic mass is 10.1. The lowest BCUT2D eigenvalue weighted by Crippen LogP contribution is -2.38. The van der Waals surface area contributed by atoms with E-state index in [0.717, 1.165) is 33.3 Å². The second kappa shape index (κ2) is 7.66. The summed E-state index contributed by atoms with van der Waals surface area (Å²) in [4.78, 5) is 4.71. The number of hydrogen-bond acceptors (Lipinski definition) is 4. The lowest BCUT2D eigenvalue weighted by molar-refractivity contribution is 0.564. The van der Waals surface area contributed by atoms with Crippen LogP contribution < -0.4 is 10.0 Å². The van der Waals surface area contributed by atoms with Gasteiger partial charge in [0.25, 0.3) is 0 Å². The first-order chi connectivity index (χ1) is 12.8. The highest BCUT2D eigenvalue weighted by Gasteiger charge is 2.22. The molecule has 6 heteroatoms. The van der Waals surface area contributed by atoms with Crippen molar-refractivity contribution in [3.8, 4) is 0 Å². The lowest BCUT2D eigenvalue weighted by Gasteiger charge is -2.19. The third-order valence-corrected chi connectivity index (χ3v) is 6.37. The number of hydrogen-bond donors (Lipinski definition) is 2. The molecule has 0 saturated heterocycles. The Hall–Kier alpha value is -2.44. The molecule has 0 aliphatic carbocycles. The van der Waals surface area contributed by atoms with E-state index in [1.165, 1.54) is 0 Å². The van der Waals surface area contributed by atoms with E-state index in [4.69, 9.17) is 0 Å². The van der Waals surface area contributed by atoms with Gasteiger partial charge in [-0.2, -0.15) is 0 Å². The van der Waals surface area contributed by atoms with Gasteiger partial charge >= 0.3 is 0 Å². The molecule has 2 N–H and O–H groups in total. The molecule has 5 nitrogen and oxygen atoms in total. The van der Waals surface area contributed by atoms with Crippen LogP contribution in [0.5, 0.6) is 0 Å². The molecule has 27 heavy (non-hydrogen) atoms. The minimum absolute atomic E-state index is 0.276. The van der Waals surface area contributed by atoms with Gasteiger partial charge in [0, 0.05) is 29.9 Å². The van der Waals surface area contributed by atoms with Crippen LogP contribution in [-0.4, -0.2) is 26.0 Å². The normalized spacial score (nSPS) is 12.9. The van der Waals surface area contributed by atoms with E-state index in [2.05, 4.69) is 15.0 Å². The summed E-state index contributed by atoms with van der Waals surface area (Å²) in [6.45, 7) is 7.96. The summed E-state index contributed by atoms with van der Waals surface area (Å²) < 4.78 is 28.5. The van der Waals surface area contributed by atoms with Gasteiger partial charge in [-0.15, -0.1) is 0 Å². The van der Waals surface area contributed by atoms with Crippen molar-refractivity contribution in [2.45, 2.75) is 38.6 Å². The van der Waals surface area contributed by atoms with Gasteiger partial charge in [-0.25, -0.2) is 13.1 Å². The zero-order valence-electron chi connectivity index (χ0n) is 16.1. The average Bonchev–Trinajstić information content (AvgIpc) is 2.58. The van der Waals surface area contributed by atoms with Crippen LogP contribution in [0.1, 0.15) is 23.6 Å². The first kappa shape index (κ1) is 19.3. The predicted octanol–water partition coefficient (Wildman–Crippen LogP) is 3.94. The molecule has 0 amide bonds. The number of aromatic nitrogens is 1. The first-order valence-electron chi connectivity index (χ1n) is 8.96. The van der Waals surface area contributed by atoms with Gasteiger partial charge in [-0.3, -0.25) is 4.98 Å². The molecule has 0 unspecified atom stereocenters. The molecule has 2 aromatic carbocycles. The molecule has 1 heterocycles. The van der Waals surface area contributed by atoms with Crippen LogP contribution >= 0.6 is 0 Å². The second-order valence-electron chi connectivity index (χ2n) is 7.01. The Balaban J connectivity index is 1.75. The van der Waals surface area contributed by atoms with Crippen molar-refractivity contribution in [2.24, 2.45) is 0 Å². The molecule has 1 atom stereocenters. The Labute approximate surface area is 160 Å². The number of anilines is 1. The van der Waals surface area contributed by atoms with Crippen molar-refractivity contribution in [1.29, 1.82) is 0 Å². The highest BCUT2D eigenvalue weighted by atomic mass is 32.2. The van der Waals surface area contributed by atoms with E-state index in [-0.39, 0.29) is 6.04 Å². The van der Waals surface area contributed by atoms with E-state index < -0.39 is 10.0 Å². The zero-order chi connectivity index (χ0) is 19.6. The number of benzene rings is 2. The number of nitrogens with zero attached hydrogens (tertiary/aromatic N) is 1. The van der Waals surface area contributed by atoms with E-state index in [9.17, 15) is 8.42 Å². The summed E-state index contributed by atoms with van der Waals surface area (Å²) >= 11 is 0. The van der Waals surface area contributed by atoms with Gasteiger partial charge in [-0.05, 0) is 63.1 Å². The highest BCUT2D eigenvalue weighted by molar-refractivity contribution is 7.89. The summed E-state index contributed by atoms with van der Waals surface area (Å²) in [5, 5.41) is 4.35. The zero-order valence-corrected chi connectivity index (χ0v) is 16.9. The summed E-state index contributed by atoms with van der Waals surface area (Å²) in [6, 6.07) is 13.3. The smallest absolute Gasteiger partial charge is 0.241 e. The number of pyridine rings is 1. The SMILES string of the molecule is Cc1cc(C)c(S(=O)(=O)N[C@@H](C)CNc2cccc3ncccc23)c(C)c1. The Morgan fingerprint density at radius 1 is 1.04 bits per heavy atom. The molecule has 0 radical (unpaired) electrons. The van der Waals surface area contributed by atoms with Crippen molar-refractivity contribution < 1.29 is 8.42 Å². The van der Waals surface area contributed by atoms with E-state index in [1.807, 2.05) is 70.2 Å². The topological polar surface area (TPSA) is 71.1 Å². The molecule has 3 aromatic rings. The Morgan fingerprint density at radius 3 is 2.44 bits per heavy atom. The third-order valence-electron chi connectivity index (χ3n) is 4.47. The molecule has 0 spiro atoms. The first-order valence-corrected chi connectivity index (χ1v) is 10.4. The fraction of sp³-hybridized carbons (Fsp3) is 0.286. The van der Waals surface area contributed by atoms with Crippen LogP contribution in [0.2, 0.25) is 0 Å². The van der Waals surface area contributed by atoms with Crippen LogP contribution in [0.15, 0.2) is 53.6 Å². The molecule has 0 aliphatic heterocycles. The van der Waals surface area contributed by atoms with Gasteiger partial charge in [0.2, 0.25) is 10.0 Å². The molecule has 0 saturated carbocycles. The number of nitrogens with one attached hydrogen (secondary N) is 2. The van der Waals surface area contributed by atoms with Crippen LogP contribution in [0, 0.1) is 20.8 Å². The fourth-order valence-corrected chi connectivity index (χ4v) is 5.17. The molecule has 0 bridgehead atoms. The van der Waals surface area contributed by atoms with Crippen LogP contribution in [0.4, 0.5) is 5.69 Å². The van der Waals surface area contributed by atoms with Gasteiger partial charge in [0.15, 0.2) is 0 Å². The average molecular weight is 384 g/mol. The third kappa shape index (κ3) is 4.28. The highest BCUT2D eigenvalue weighted by Crippen LogP contribution is 2.23. The Bertz CT molecular complexity index is 1050. The summed E-state index contributed by atoms with van der Waals surface area (Å²) in [5.74, 6) is 0.